The molecular formula is C34H44N5O7P. The van der Waals surface area contributed by atoms with Crippen LogP contribution in [0.15, 0.2) is 71.7 Å². The summed E-state index contributed by atoms with van der Waals surface area (Å²) in [5.41, 5.74) is 0.566. The van der Waals surface area contributed by atoms with Crippen LogP contribution in [0.4, 0.5) is 5.82 Å². The molecule has 0 aliphatic rings. The highest BCUT2D eigenvalue weighted by atomic mass is 31.2. The first-order chi connectivity index (χ1) is 22.5. The number of aromatic nitrogens is 2. The highest BCUT2D eigenvalue weighted by Crippen LogP contribution is 2.46. The smallest absolute Gasteiger partial charge is 0.351 e. The van der Waals surface area contributed by atoms with E-state index in [1.165, 1.54) is 10.8 Å². The normalized spacial score (nSPS) is 13.3. The van der Waals surface area contributed by atoms with Gasteiger partial charge in [-0.15, -0.1) is 0 Å². The van der Waals surface area contributed by atoms with Crippen LogP contribution in [0, 0.1) is 18.3 Å². The lowest BCUT2D eigenvalue weighted by molar-refractivity contribution is -0.100. The van der Waals surface area contributed by atoms with Gasteiger partial charge >= 0.3 is 11.7 Å². The first-order valence-electron chi connectivity index (χ1n) is 15.6. The molecular weight excluding hydrogens is 621 g/mol. The topological polar surface area (TPSA) is 145 Å². The Morgan fingerprint density at radius 2 is 1.60 bits per heavy atom. The Bertz CT molecular complexity index is 1520. The summed E-state index contributed by atoms with van der Waals surface area (Å²) >= 11 is 0. The summed E-state index contributed by atoms with van der Waals surface area (Å²) in [4.78, 5) is 43.1. The van der Waals surface area contributed by atoms with Crippen molar-refractivity contribution in [2.24, 2.45) is 0 Å². The van der Waals surface area contributed by atoms with E-state index in [0.717, 1.165) is 0 Å². The van der Waals surface area contributed by atoms with Gasteiger partial charge in [0.2, 0.25) is 0 Å². The number of benzene rings is 2. The van der Waals surface area contributed by atoms with Crippen LogP contribution in [0.1, 0.15) is 80.0 Å². The van der Waals surface area contributed by atoms with Crippen LogP contribution in [0.5, 0.6) is 0 Å². The summed E-state index contributed by atoms with van der Waals surface area (Å²) in [6.45, 7) is 11.8. The fourth-order valence-electron chi connectivity index (χ4n) is 4.59. The molecule has 0 aliphatic carbocycles. The lowest BCUT2D eigenvalue weighted by Gasteiger charge is -2.36. The maximum absolute atomic E-state index is 13.4. The Labute approximate surface area is 277 Å². The molecule has 0 aliphatic heterocycles. The van der Waals surface area contributed by atoms with Crippen LogP contribution < -0.4 is 11.0 Å². The monoisotopic (exact) mass is 665 g/mol. The molecule has 0 bridgehead atoms. The second-order valence-electron chi connectivity index (χ2n) is 11.2. The van der Waals surface area contributed by atoms with Gasteiger partial charge in [-0.2, -0.15) is 10.2 Å². The molecule has 0 spiro atoms. The number of hydrogen-bond acceptors (Lipinski definition) is 10. The number of ether oxygens (including phenoxy) is 2. The van der Waals surface area contributed by atoms with Gasteiger partial charge in [0, 0.05) is 29.4 Å². The third-order valence-electron chi connectivity index (χ3n) is 6.92. The molecule has 1 unspecified atom stereocenters. The van der Waals surface area contributed by atoms with Gasteiger partial charge in [-0.3, -0.25) is 9.36 Å². The molecule has 3 rings (SSSR count). The highest BCUT2D eigenvalue weighted by molar-refractivity contribution is 7.44. The van der Waals surface area contributed by atoms with Crippen LogP contribution in [0.2, 0.25) is 0 Å². The number of rotatable bonds is 18. The number of carbonyl (C=O) groups is 2. The predicted octanol–water partition coefficient (Wildman–Crippen LogP) is 6.25. The van der Waals surface area contributed by atoms with Gasteiger partial charge in [0.05, 0.1) is 37.4 Å². The lowest BCUT2D eigenvalue weighted by Crippen LogP contribution is -2.37. The number of nitriles is 1. The number of nitrogens with one attached hydrogen (secondary N) is 1. The Kier molecular flexibility index (Phi) is 15.1. The Morgan fingerprint density at radius 1 is 0.979 bits per heavy atom. The number of amides is 1. The van der Waals surface area contributed by atoms with Crippen LogP contribution in [0.3, 0.4) is 0 Å². The van der Waals surface area contributed by atoms with Crippen molar-refractivity contribution in [3.8, 4) is 6.07 Å². The third kappa shape index (κ3) is 11.3. The number of esters is 1. The van der Waals surface area contributed by atoms with E-state index in [1.54, 1.807) is 67.6 Å². The Hall–Kier alpha value is -3.98. The molecule has 1 heterocycles. The molecule has 3 aromatic rings. The van der Waals surface area contributed by atoms with Crippen molar-refractivity contribution in [3.63, 3.8) is 0 Å². The third-order valence-corrected chi connectivity index (χ3v) is 8.99. The van der Waals surface area contributed by atoms with Crippen LogP contribution in [0.25, 0.3) is 0 Å². The molecule has 252 valence electrons. The summed E-state index contributed by atoms with van der Waals surface area (Å²) < 4.78 is 27.7. The summed E-state index contributed by atoms with van der Waals surface area (Å²) in [5.74, 6) is -0.874. The second kappa shape index (κ2) is 19.0. The van der Waals surface area contributed by atoms with E-state index in [0.29, 0.717) is 23.1 Å². The van der Waals surface area contributed by atoms with Gasteiger partial charge in [0.1, 0.15) is 12.4 Å². The van der Waals surface area contributed by atoms with Crippen LogP contribution in [-0.4, -0.2) is 64.1 Å². The predicted molar refractivity (Wildman–Crippen MR) is 180 cm³/mol. The van der Waals surface area contributed by atoms with E-state index >= 15 is 0 Å². The van der Waals surface area contributed by atoms with Crippen molar-refractivity contribution < 1.29 is 28.1 Å². The van der Waals surface area contributed by atoms with Crippen molar-refractivity contribution >= 4 is 26.2 Å². The van der Waals surface area contributed by atoms with E-state index in [-0.39, 0.29) is 44.1 Å². The quantitative estimate of drug-likeness (QED) is 0.0941. The Balaban J connectivity index is 1.86. The molecule has 12 nitrogen and oxygen atoms in total. The van der Waals surface area contributed by atoms with Crippen molar-refractivity contribution in [2.75, 3.05) is 25.1 Å². The first kappa shape index (κ1) is 37.5. The van der Waals surface area contributed by atoms with Gasteiger partial charge in [0.25, 0.3) is 14.4 Å². The van der Waals surface area contributed by atoms with E-state index in [4.69, 9.17) is 23.8 Å². The van der Waals surface area contributed by atoms with Crippen molar-refractivity contribution in [1.82, 2.24) is 14.2 Å². The zero-order valence-corrected chi connectivity index (χ0v) is 28.7. The van der Waals surface area contributed by atoms with Crippen LogP contribution in [-0.2, 0) is 18.5 Å². The highest BCUT2D eigenvalue weighted by Gasteiger charge is 2.29. The average Bonchev–Trinajstić information content (AvgIpc) is 3.06. The Morgan fingerprint density at radius 3 is 2.17 bits per heavy atom. The van der Waals surface area contributed by atoms with Crippen LogP contribution >= 0.6 is 8.53 Å². The summed E-state index contributed by atoms with van der Waals surface area (Å²) in [6, 6.07) is 19.4. The molecule has 0 radical (unpaired) electrons. The molecule has 47 heavy (non-hydrogen) atoms. The van der Waals surface area contributed by atoms with E-state index in [9.17, 15) is 14.4 Å². The van der Waals surface area contributed by atoms with Crippen molar-refractivity contribution in [3.05, 3.63) is 94.0 Å². The number of anilines is 1. The zero-order valence-electron chi connectivity index (χ0n) is 27.8. The van der Waals surface area contributed by atoms with E-state index < -0.39 is 38.4 Å². The first-order valence-corrected chi connectivity index (χ1v) is 16.7. The molecule has 0 saturated carbocycles. The fourth-order valence-corrected chi connectivity index (χ4v) is 6.23. The largest absolute Gasteiger partial charge is 0.457 e. The maximum atomic E-state index is 13.4. The average molecular weight is 666 g/mol. The molecule has 1 aromatic heterocycles. The standard InChI is InChI=1S/C34H44N5O7P/c1-7-29(22-45-47(44-20-14-19-35)39(24(2)3)25(4)5)46-30(23-43-33(41)28-17-12-9-13-18-28)38-21-26(6)31(37-34(38)42)36-32(40)27-15-10-8-11-16-27/h8-13,15-18,21,24-25,29-30H,7,14,20,22-23H2,1-6H3,(H,36,37,40,42)/t29-,30-,47?/m1/s1. The number of nitrogens with zero attached hydrogens (tertiary/aromatic N) is 4. The molecule has 0 fully saturated rings. The van der Waals surface area contributed by atoms with Gasteiger partial charge < -0.3 is 23.8 Å². The van der Waals surface area contributed by atoms with Gasteiger partial charge in [0.15, 0.2) is 6.23 Å². The minimum absolute atomic E-state index is 0.109. The zero-order chi connectivity index (χ0) is 34.3. The van der Waals surface area contributed by atoms with Crippen molar-refractivity contribution in [2.45, 2.75) is 78.8 Å². The fraction of sp³-hybridized carbons (Fsp3) is 0.441. The minimum Gasteiger partial charge on any atom is -0.457 e. The van der Waals surface area contributed by atoms with E-state index in [1.807, 2.05) is 34.6 Å². The summed E-state index contributed by atoms with van der Waals surface area (Å²) in [7, 11) is -1.53. The number of carbonyl (C=O) groups excluding carboxylic acids is 2. The van der Waals surface area contributed by atoms with Crippen molar-refractivity contribution in [1.29, 1.82) is 5.26 Å². The summed E-state index contributed by atoms with van der Waals surface area (Å²) in [6.07, 6.45) is 0.644. The van der Waals surface area contributed by atoms with Gasteiger partial charge in [-0.25, -0.2) is 14.3 Å². The molecule has 1 amide bonds. The number of aryl methyl sites for hydroxylation is 1. The molecule has 13 heteroatoms. The molecule has 1 N–H and O–H groups in total. The maximum Gasteiger partial charge on any atom is 0.351 e. The SMILES string of the molecule is CC[C@H](COP(OCCC#N)N(C(C)C)C(C)C)O[C@H](COC(=O)c1ccccc1)n1cc(C)c(NC(=O)c2ccccc2)nc1=O. The molecule has 2 aromatic carbocycles. The minimum atomic E-state index is -1.53. The summed E-state index contributed by atoms with van der Waals surface area (Å²) in [5, 5.41) is 11.7. The second-order valence-corrected chi connectivity index (χ2v) is 12.7. The molecule has 0 saturated heterocycles. The molecule has 3 atom stereocenters. The van der Waals surface area contributed by atoms with Gasteiger partial charge in [-0.1, -0.05) is 43.3 Å². The van der Waals surface area contributed by atoms with E-state index in [2.05, 4.69) is 21.0 Å². The lowest BCUT2D eigenvalue weighted by atomic mass is 10.2. The van der Waals surface area contributed by atoms with Gasteiger partial charge in [-0.05, 0) is 65.3 Å². The number of hydrogen-bond donors (Lipinski definition) is 1.